The van der Waals surface area contributed by atoms with Crippen LogP contribution >= 0.6 is 0 Å². The fourth-order valence-corrected chi connectivity index (χ4v) is 3.16. The molecule has 3 unspecified atom stereocenters. The van der Waals surface area contributed by atoms with Crippen molar-refractivity contribution in [2.75, 3.05) is 6.54 Å². The van der Waals surface area contributed by atoms with Gasteiger partial charge in [-0.15, -0.1) is 0 Å². The van der Waals surface area contributed by atoms with Crippen molar-refractivity contribution in [2.24, 2.45) is 11.8 Å². The Morgan fingerprint density at radius 3 is 2.44 bits per heavy atom. The number of hydrogen-bond donors (Lipinski definition) is 2. The van der Waals surface area contributed by atoms with Crippen LogP contribution < -0.4 is 10.6 Å². The van der Waals surface area contributed by atoms with Gasteiger partial charge in [-0.3, -0.25) is 4.79 Å². The van der Waals surface area contributed by atoms with E-state index in [4.69, 9.17) is 0 Å². The third kappa shape index (κ3) is 2.76. The van der Waals surface area contributed by atoms with Gasteiger partial charge in [0.1, 0.15) is 0 Å². The third-order valence-corrected chi connectivity index (χ3v) is 4.24. The fraction of sp³-hybridized carbons (Fsp3) is 0.923. The Bertz CT molecular complexity index is 234. The minimum atomic E-state index is 0.211. The SMILES string of the molecule is CC1CCCC(C)C1NC1CCC(=O)NC1. The minimum absolute atomic E-state index is 0.211. The van der Waals surface area contributed by atoms with Crippen LogP contribution in [-0.4, -0.2) is 24.5 Å². The van der Waals surface area contributed by atoms with Gasteiger partial charge in [0.05, 0.1) is 0 Å². The molecule has 0 bridgehead atoms. The molecular formula is C13H24N2O. The van der Waals surface area contributed by atoms with Gasteiger partial charge in [-0.2, -0.15) is 0 Å². The number of carbonyl (C=O) groups excluding carboxylic acids is 1. The first-order chi connectivity index (χ1) is 7.66. The van der Waals surface area contributed by atoms with Crippen LogP contribution in [0.25, 0.3) is 0 Å². The van der Waals surface area contributed by atoms with Crippen LogP contribution in [0.1, 0.15) is 46.0 Å². The van der Waals surface area contributed by atoms with Crippen molar-refractivity contribution >= 4 is 5.91 Å². The number of nitrogens with one attached hydrogen (secondary N) is 2. The van der Waals surface area contributed by atoms with Crippen LogP contribution in [0.4, 0.5) is 0 Å². The zero-order valence-electron chi connectivity index (χ0n) is 10.5. The molecule has 1 saturated heterocycles. The van der Waals surface area contributed by atoms with Crippen LogP contribution in [0.15, 0.2) is 0 Å². The molecule has 0 aromatic carbocycles. The normalized spacial score (nSPS) is 40.5. The molecule has 2 N–H and O–H groups in total. The lowest BCUT2D eigenvalue weighted by Gasteiger charge is -2.39. The maximum Gasteiger partial charge on any atom is 0.220 e. The van der Waals surface area contributed by atoms with Gasteiger partial charge in [0.2, 0.25) is 5.91 Å². The number of hydrogen-bond acceptors (Lipinski definition) is 2. The van der Waals surface area contributed by atoms with E-state index < -0.39 is 0 Å². The number of rotatable bonds is 2. The largest absolute Gasteiger partial charge is 0.355 e. The summed E-state index contributed by atoms with van der Waals surface area (Å²) in [7, 11) is 0. The molecule has 0 spiro atoms. The van der Waals surface area contributed by atoms with E-state index in [2.05, 4.69) is 24.5 Å². The molecule has 16 heavy (non-hydrogen) atoms. The highest BCUT2D eigenvalue weighted by molar-refractivity contribution is 5.76. The number of carbonyl (C=O) groups is 1. The highest BCUT2D eigenvalue weighted by atomic mass is 16.1. The molecule has 0 aromatic heterocycles. The highest BCUT2D eigenvalue weighted by Crippen LogP contribution is 2.29. The molecule has 3 nitrogen and oxygen atoms in total. The van der Waals surface area contributed by atoms with Crippen molar-refractivity contribution in [2.45, 2.75) is 58.0 Å². The maximum absolute atomic E-state index is 11.1. The smallest absolute Gasteiger partial charge is 0.220 e. The molecule has 1 aliphatic heterocycles. The first-order valence-electron chi connectivity index (χ1n) is 6.69. The van der Waals surface area contributed by atoms with Crippen molar-refractivity contribution in [3.8, 4) is 0 Å². The van der Waals surface area contributed by atoms with E-state index in [1.54, 1.807) is 0 Å². The van der Waals surface area contributed by atoms with Crippen molar-refractivity contribution in [3.05, 3.63) is 0 Å². The van der Waals surface area contributed by atoms with Crippen molar-refractivity contribution in [1.29, 1.82) is 0 Å². The second kappa shape index (κ2) is 5.17. The van der Waals surface area contributed by atoms with Gasteiger partial charge in [-0.25, -0.2) is 0 Å². The Morgan fingerprint density at radius 1 is 1.19 bits per heavy atom. The first kappa shape index (κ1) is 11.9. The van der Waals surface area contributed by atoms with Gasteiger partial charge in [0, 0.05) is 25.0 Å². The van der Waals surface area contributed by atoms with E-state index in [0.717, 1.165) is 24.8 Å². The second-order valence-corrected chi connectivity index (χ2v) is 5.62. The summed E-state index contributed by atoms with van der Waals surface area (Å²) in [5.41, 5.74) is 0. The Labute approximate surface area is 98.4 Å². The van der Waals surface area contributed by atoms with Crippen LogP contribution in [-0.2, 0) is 4.79 Å². The molecule has 2 rings (SSSR count). The van der Waals surface area contributed by atoms with Gasteiger partial charge >= 0.3 is 0 Å². The first-order valence-corrected chi connectivity index (χ1v) is 6.69. The summed E-state index contributed by atoms with van der Waals surface area (Å²) >= 11 is 0. The van der Waals surface area contributed by atoms with E-state index in [0.29, 0.717) is 18.5 Å². The number of amides is 1. The molecule has 1 saturated carbocycles. The third-order valence-electron chi connectivity index (χ3n) is 4.24. The van der Waals surface area contributed by atoms with Gasteiger partial charge in [-0.1, -0.05) is 20.3 Å². The molecule has 1 aliphatic carbocycles. The summed E-state index contributed by atoms with van der Waals surface area (Å²) < 4.78 is 0. The van der Waals surface area contributed by atoms with Gasteiger partial charge in [-0.05, 0) is 31.1 Å². The van der Waals surface area contributed by atoms with Crippen molar-refractivity contribution in [1.82, 2.24) is 10.6 Å². The van der Waals surface area contributed by atoms with E-state index in [1.807, 2.05) is 0 Å². The standard InChI is InChI=1S/C13H24N2O/c1-9-4-3-5-10(2)13(9)15-11-6-7-12(16)14-8-11/h9-11,13,15H,3-8H2,1-2H3,(H,14,16). The van der Waals surface area contributed by atoms with Gasteiger partial charge in [0.25, 0.3) is 0 Å². The minimum Gasteiger partial charge on any atom is -0.355 e. The van der Waals surface area contributed by atoms with Crippen LogP contribution in [0, 0.1) is 11.8 Å². The van der Waals surface area contributed by atoms with Crippen LogP contribution in [0.2, 0.25) is 0 Å². The zero-order chi connectivity index (χ0) is 11.5. The zero-order valence-corrected chi connectivity index (χ0v) is 10.5. The molecule has 3 atom stereocenters. The monoisotopic (exact) mass is 224 g/mol. The molecule has 1 amide bonds. The molecule has 0 aromatic rings. The molecule has 2 aliphatic rings. The summed E-state index contributed by atoms with van der Waals surface area (Å²) in [6, 6.07) is 1.14. The van der Waals surface area contributed by atoms with Gasteiger partial charge in [0.15, 0.2) is 0 Å². The lowest BCUT2D eigenvalue weighted by molar-refractivity contribution is -0.122. The van der Waals surface area contributed by atoms with E-state index >= 15 is 0 Å². The highest BCUT2D eigenvalue weighted by Gasteiger charge is 2.30. The molecule has 92 valence electrons. The maximum atomic E-state index is 11.1. The molecule has 1 heterocycles. The Hall–Kier alpha value is -0.570. The van der Waals surface area contributed by atoms with E-state index in [9.17, 15) is 4.79 Å². The molecule has 0 radical (unpaired) electrons. The average Bonchev–Trinajstić information content (AvgIpc) is 2.26. The van der Waals surface area contributed by atoms with E-state index in [-0.39, 0.29) is 5.91 Å². The summed E-state index contributed by atoms with van der Waals surface area (Å²) in [6.45, 7) is 5.53. The molecule has 2 fully saturated rings. The van der Waals surface area contributed by atoms with E-state index in [1.165, 1.54) is 19.3 Å². The topological polar surface area (TPSA) is 41.1 Å². The fourth-order valence-electron chi connectivity index (χ4n) is 3.16. The average molecular weight is 224 g/mol. The van der Waals surface area contributed by atoms with Gasteiger partial charge < -0.3 is 10.6 Å². The lowest BCUT2D eigenvalue weighted by Crippen LogP contribution is -2.53. The van der Waals surface area contributed by atoms with Crippen molar-refractivity contribution in [3.63, 3.8) is 0 Å². The Kier molecular flexibility index (Phi) is 3.85. The molecule has 3 heteroatoms. The molecular weight excluding hydrogens is 200 g/mol. The van der Waals surface area contributed by atoms with Crippen LogP contribution in [0.5, 0.6) is 0 Å². The quantitative estimate of drug-likeness (QED) is 0.749. The number of piperidine rings is 1. The predicted octanol–water partition coefficient (Wildman–Crippen LogP) is 1.68. The Balaban J connectivity index is 1.85. The summed E-state index contributed by atoms with van der Waals surface area (Å²) in [4.78, 5) is 11.1. The Morgan fingerprint density at radius 2 is 1.88 bits per heavy atom. The van der Waals surface area contributed by atoms with Crippen LogP contribution in [0.3, 0.4) is 0 Å². The second-order valence-electron chi connectivity index (χ2n) is 5.62. The lowest BCUT2D eigenvalue weighted by atomic mass is 9.78. The van der Waals surface area contributed by atoms with Crippen molar-refractivity contribution < 1.29 is 4.79 Å². The summed E-state index contributed by atoms with van der Waals surface area (Å²) in [6.07, 6.45) is 5.76. The summed E-state index contributed by atoms with van der Waals surface area (Å²) in [5, 5.41) is 6.71. The predicted molar refractivity (Wildman–Crippen MR) is 65.1 cm³/mol. The summed E-state index contributed by atoms with van der Waals surface area (Å²) in [5.74, 6) is 1.77.